The van der Waals surface area contributed by atoms with Gasteiger partial charge in [0, 0.05) is 12.6 Å². The molecule has 0 spiro atoms. The second-order valence-electron chi connectivity index (χ2n) is 3.88. The van der Waals surface area contributed by atoms with Crippen molar-refractivity contribution in [2.75, 3.05) is 13.1 Å². The third kappa shape index (κ3) is 4.46. The summed E-state index contributed by atoms with van der Waals surface area (Å²) in [5, 5.41) is 15.2. The van der Waals surface area contributed by atoms with Crippen LogP contribution < -0.4 is 10.6 Å². The molecule has 5 nitrogen and oxygen atoms in total. The second kappa shape index (κ2) is 6.30. The number of rotatable bonds is 6. The van der Waals surface area contributed by atoms with E-state index in [0.717, 1.165) is 0 Å². The average Bonchev–Trinajstić information content (AvgIpc) is 2.68. The first-order chi connectivity index (χ1) is 7.59. The zero-order chi connectivity index (χ0) is 12.0. The first-order valence-electron chi connectivity index (χ1n) is 5.31. The van der Waals surface area contributed by atoms with Crippen LogP contribution in [-0.2, 0) is 4.79 Å². The second-order valence-corrected chi connectivity index (χ2v) is 3.88. The number of carbonyl (C=O) groups excluding carboxylic acids is 1. The van der Waals surface area contributed by atoms with E-state index in [1.807, 2.05) is 13.8 Å². The molecule has 0 aliphatic carbocycles. The highest BCUT2D eigenvalue weighted by Gasteiger charge is 2.10. The molecule has 1 unspecified atom stereocenters. The Labute approximate surface area is 94.8 Å². The molecule has 1 heterocycles. The lowest BCUT2D eigenvalue weighted by Crippen LogP contribution is -2.38. The van der Waals surface area contributed by atoms with Crippen LogP contribution in [0.15, 0.2) is 22.8 Å². The molecule has 1 aromatic heterocycles. The van der Waals surface area contributed by atoms with E-state index >= 15 is 0 Å². The number of aliphatic hydroxyl groups is 1. The van der Waals surface area contributed by atoms with Crippen molar-refractivity contribution in [1.82, 2.24) is 10.6 Å². The van der Waals surface area contributed by atoms with Crippen molar-refractivity contribution in [2.24, 2.45) is 0 Å². The van der Waals surface area contributed by atoms with Crippen LogP contribution >= 0.6 is 0 Å². The van der Waals surface area contributed by atoms with E-state index in [1.165, 1.54) is 6.26 Å². The maximum atomic E-state index is 11.2. The first kappa shape index (κ1) is 12.7. The van der Waals surface area contributed by atoms with Crippen LogP contribution in [0.5, 0.6) is 0 Å². The number of nitrogens with one attached hydrogen (secondary N) is 2. The Balaban J connectivity index is 2.18. The lowest BCUT2D eigenvalue weighted by molar-refractivity contribution is -0.120. The molecule has 0 radical (unpaired) electrons. The van der Waals surface area contributed by atoms with Gasteiger partial charge in [0.1, 0.15) is 11.9 Å². The molecule has 0 aliphatic heterocycles. The average molecular weight is 226 g/mol. The van der Waals surface area contributed by atoms with E-state index in [9.17, 15) is 9.90 Å². The molecule has 1 rings (SSSR count). The molecule has 0 aromatic carbocycles. The highest BCUT2D eigenvalue weighted by Crippen LogP contribution is 2.11. The van der Waals surface area contributed by atoms with E-state index < -0.39 is 6.10 Å². The summed E-state index contributed by atoms with van der Waals surface area (Å²) in [5.41, 5.74) is 0. The van der Waals surface area contributed by atoms with Crippen molar-refractivity contribution in [3.63, 3.8) is 0 Å². The lowest BCUT2D eigenvalue weighted by atomic mass is 10.3. The van der Waals surface area contributed by atoms with Crippen molar-refractivity contribution in [3.05, 3.63) is 24.2 Å². The predicted molar refractivity (Wildman–Crippen MR) is 59.8 cm³/mol. The molecule has 0 saturated heterocycles. The lowest BCUT2D eigenvalue weighted by Gasteiger charge is -2.11. The fourth-order valence-electron chi connectivity index (χ4n) is 1.28. The van der Waals surface area contributed by atoms with Crippen LogP contribution in [0.1, 0.15) is 25.7 Å². The van der Waals surface area contributed by atoms with Gasteiger partial charge in [0.05, 0.1) is 12.8 Å². The van der Waals surface area contributed by atoms with E-state index in [0.29, 0.717) is 12.3 Å². The van der Waals surface area contributed by atoms with Crippen molar-refractivity contribution < 1.29 is 14.3 Å². The summed E-state index contributed by atoms with van der Waals surface area (Å²) in [4.78, 5) is 11.2. The Morgan fingerprint density at radius 2 is 2.31 bits per heavy atom. The number of hydrogen-bond donors (Lipinski definition) is 3. The highest BCUT2D eigenvalue weighted by molar-refractivity contribution is 5.78. The van der Waals surface area contributed by atoms with Gasteiger partial charge in [-0.25, -0.2) is 0 Å². The van der Waals surface area contributed by atoms with Gasteiger partial charge >= 0.3 is 0 Å². The third-order valence-electron chi connectivity index (χ3n) is 1.94. The van der Waals surface area contributed by atoms with Crippen LogP contribution in [0.4, 0.5) is 0 Å². The SMILES string of the molecule is CC(C)NC(=O)CNCC(O)c1ccco1. The Morgan fingerprint density at radius 1 is 1.56 bits per heavy atom. The molecule has 1 atom stereocenters. The molecule has 3 N–H and O–H groups in total. The van der Waals surface area contributed by atoms with Crippen LogP contribution in [0.3, 0.4) is 0 Å². The molecule has 0 fully saturated rings. The van der Waals surface area contributed by atoms with Gasteiger partial charge in [-0.2, -0.15) is 0 Å². The smallest absolute Gasteiger partial charge is 0.234 e. The number of aliphatic hydroxyl groups excluding tert-OH is 1. The topological polar surface area (TPSA) is 74.5 Å². The summed E-state index contributed by atoms with van der Waals surface area (Å²) in [7, 11) is 0. The van der Waals surface area contributed by atoms with Crippen LogP contribution in [0, 0.1) is 0 Å². The number of hydrogen-bond acceptors (Lipinski definition) is 4. The first-order valence-corrected chi connectivity index (χ1v) is 5.31. The van der Waals surface area contributed by atoms with Gasteiger partial charge in [0.15, 0.2) is 0 Å². The normalized spacial score (nSPS) is 12.8. The zero-order valence-corrected chi connectivity index (χ0v) is 9.56. The Kier molecular flexibility index (Phi) is 5.01. The van der Waals surface area contributed by atoms with Crippen molar-refractivity contribution in [1.29, 1.82) is 0 Å². The molecule has 5 heteroatoms. The van der Waals surface area contributed by atoms with E-state index in [1.54, 1.807) is 12.1 Å². The van der Waals surface area contributed by atoms with E-state index in [2.05, 4.69) is 10.6 Å². The molecule has 1 aromatic rings. The molecule has 0 aliphatic rings. The Hall–Kier alpha value is -1.33. The monoisotopic (exact) mass is 226 g/mol. The highest BCUT2D eigenvalue weighted by atomic mass is 16.4. The minimum absolute atomic E-state index is 0.0818. The number of carbonyl (C=O) groups is 1. The standard InChI is InChI=1S/C11H18N2O3/c1-8(2)13-11(15)7-12-6-9(14)10-4-3-5-16-10/h3-5,8-9,12,14H,6-7H2,1-2H3,(H,13,15). The predicted octanol–water partition coefficient (Wildman–Crippen LogP) is 0.427. The molecular formula is C11H18N2O3. The fourth-order valence-corrected chi connectivity index (χ4v) is 1.28. The van der Waals surface area contributed by atoms with Crippen LogP contribution in [0.2, 0.25) is 0 Å². The van der Waals surface area contributed by atoms with Gasteiger partial charge in [0.25, 0.3) is 0 Å². The molecule has 1 amide bonds. The minimum atomic E-state index is -0.721. The third-order valence-corrected chi connectivity index (χ3v) is 1.94. The fraction of sp³-hybridized carbons (Fsp3) is 0.545. The maximum Gasteiger partial charge on any atom is 0.234 e. The van der Waals surface area contributed by atoms with Gasteiger partial charge < -0.3 is 20.2 Å². The molecule has 90 valence electrons. The van der Waals surface area contributed by atoms with Gasteiger partial charge in [-0.15, -0.1) is 0 Å². The van der Waals surface area contributed by atoms with Crippen LogP contribution in [-0.4, -0.2) is 30.1 Å². The number of furan rings is 1. The quantitative estimate of drug-likeness (QED) is 0.657. The Morgan fingerprint density at radius 3 is 2.88 bits per heavy atom. The van der Waals surface area contributed by atoms with Gasteiger partial charge in [-0.1, -0.05) is 0 Å². The summed E-state index contributed by atoms with van der Waals surface area (Å²) in [5.74, 6) is 0.415. The van der Waals surface area contributed by atoms with Crippen molar-refractivity contribution >= 4 is 5.91 Å². The van der Waals surface area contributed by atoms with Gasteiger partial charge in [0.2, 0.25) is 5.91 Å². The largest absolute Gasteiger partial charge is 0.467 e. The summed E-state index contributed by atoms with van der Waals surface area (Å²) in [6.07, 6.45) is 0.783. The Bertz CT molecular complexity index is 309. The molecule has 16 heavy (non-hydrogen) atoms. The molecule has 0 bridgehead atoms. The summed E-state index contributed by atoms with van der Waals surface area (Å²) in [6, 6.07) is 3.54. The molecular weight excluding hydrogens is 208 g/mol. The summed E-state index contributed by atoms with van der Waals surface area (Å²) >= 11 is 0. The van der Waals surface area contributed by atoms with E-state index in [4.69, 9.17) is 4.42 Å². The van der Waals surface area contributed by atoms with Crippen LogP contribution in [0.25, 0.3) is 0 Å². The zero-order valence-electron chi connectivity index (χ0n) is 9.56. The van der Waals surface area contributed by atoms with E-state index in [-0.39, 0.29) is 18.5 Å². The number of amides is 1. The summed E-state index contributed by atoms with van der Waals surface area (Å²) < 4.78 is 5.03. The van der Waals surface area contributed by atoms with Crippen molar-refractivity contribution in [3.8, 4) is 0 Å². The summed E-state index contributed by atoms with van der Waals surface area (Å²) in [6.45, 7) is 4.28. The maximum absolute atomic E-state index is 11.2. The van der Waals surface area contributed by atoms with Crippen molar-refractivity contribution in [2.45, 2.75) is 26.0 Å². The molecule has 0 saturated carbocycles. The van der Waals surface area contributed by atoms with Gasteiger partial charge in [-0.3, -0.25) is 4.79 Å². The minimum Gasteiger partial charge on any atom is -0.467 e. The van der Waals surface area contributed by atoms with Gasteiger partial charge in [-0.05, 0) is 26.0 Å².